The number of para-hydroxylation sites is 1. The first-order chi connectivity index (χ1) is 11.9. The molecule has 0 N–H and O–H groups in total. The second-order valence-corrected chi connectivity index (χ2v) is 6.05. The van der Waals surface area contributed by atoms with Crippen LogP contribution in [-0.4, -0.2) is 18.2 Å². The van der Waals surface area contributed by atoms with Gasteiger partial charge in [0.15, 0.2) is 12.0 Å². The van der Waals surface area contributed by atoms with Crippen LogP contribution in [-0.2, 0) is 9.59 Å². The van der Waals surface area contributed by atoms with Gasteiger partial charge in [-0.15, -0.1) is 0 Å². The molecule has 25 heavy (non-hydrogen) atoms. The zero-order chi connectivity index (χ0) is 18.4. The van der Waals surface area contributed by atoms with E-state index in [1.807, 2.05) is 0 Å². The first-order valence-electron chi connectivity index (χ1n) is 7.01. The molecule has 0 aromatic heterocycles. The van der Waals surface area contributed by atoms with E-state index in [1.54, 1.807) is 18.2 Å². The van der Waals surface area contributed by atoms with Gasteiger partial charge in [-0.2, -0.15) is 0 Å². The van der Waals surface area contributed by atoms with Gasteiger partial charge in [-0.25, -0.2) is 0 Å². The van der Waals surface area contributed by atoms with Crippen LogP contribution in [0.1, 0.15) is 23.2 Å². The van der Waals surface area contributed by atoms with Crippen molar-refractivity contribution in [3.8, 4) is 11.5 Å². The second-order valence-electron chi connectivity index (χ2n) is 4.80. The molecule has 2 rings (SSSR count). The maximum Gasteiger partial charge on any atom is 0.311 e. The van der Waals surface area contributed by atoms with E-state index in [4.69, 9.17) is 44.3 Å². The molecular weight excluding hydrogens is 391 g/mol. The van der Waals surface area contributed by atoms with Crippen LogP contribution in [0.15, 0.2) is 36.4 Å². The van der Waals surface area contributed by atoms with Crippen molar-refractivity contribution in [2.24, 2.45) is 0 Å². The summed E-state index contributed by atoms with van der Waals surface area (Å²) in [6.45, 7) is 0. The van der Waals surface area contributed by atoms with E-state index in [2.05, 4.69) is 0 Å². The summed E-state index contributed by atoms with van der Waals surface area (Å²) in [7, 11) is 0. The Hall–Kier alpha value is -2.08. The Bertz CT molecular complexity index is 820. The van der Waals surface area contributed by atoms with Gasteiger partial charge in [0, 0.05) is 5.02 Å². The van der Waals surface area contributed by atoms with Crippen molar-refractivity contribution in [2.45, 2.75) is 12.8 Å². The lowest BCUT2D eigenvalue weighted by Crippen LogP contribution is -2.15. The third-order valence-corrected chi connectivity index (χ3v) is 3.78. The molecule has 0 fully saturated rings. The first kappa shape index (κ1) is 19.2. The molecule has 5 nitrogen and oxygen atoms in total. The lowest BCUT2D eigenvalue weighted by Gasteiger charge is -2.09. The van der Waals surface area contributed by atoms with Gasteiger partial charge in [0.05, 0.1) is 28.5 Å². The van der Waals surface area contributed by atoms with E-state index in [-0.39, 0.29) is 45.0 Å². The number of hydrogen-bond acceptors (Lipinski definition) is 5. The van der Waals surface area contributed by atoms with Gasteiger partial charge in [-0.3, -0.25) is 14.4 Å². The fourth-order valence-corrected chi connectivity index (χ4v) is 2.57. The Morgan fingerprint density at radius 1 is 0.920 bits per heavy atom. The van der Waals surface area contributed by atoms with E-state index in [0.717, 1.165) is 0 Å². The highest BCUT2D eigenvalue weighted by atomic mass is 35.5. The molecule has 0 unspecified atom stereocenters. The van der Waals surface area contributed by atoms with Crippen molar-refractivity contribution in [1.82, 2.24) is 0 Å². The van der Waals surface area contributed by atoms with Crippen LogP contribution in [0, 0.1) is 0 Å². The van der Waals surface area contributed by atoms with Crippen molar-refractivity contribution >= 4 is 53.0 Å². The SMILES string of the molecule is O=Cc1cc(Cl)cc(Cl)c1OC(=O)CCC(=O)Oc1ccccc1Cl. The lowest BCUT2D eigenvalue weighted by atomic mass is 10.2. The summed E-state index contributed by atoms with van der Waals surface area (Å²) in [6, 6.07) is 9.10. The third kappa shape index (κ3) is 5.46. The Balaban J connectivity index is 1.94. The van der Waals surface area contributed by atoms with E-state index in [0.29, 0.717) is 6.29 Å². The topological polar surface area (TPSA) is 69.7 Å². The number of esters is 2. The summed E-state index contributed by atoms with van der Waals surface area (Å²) in [6.07, 6.45) is -0.0295. The molecule has 0 amide bonds. The molecule has 0 spiro atoms. The van der Waals surface area contributed by atoms with Crippen LogP contribution < -0.4 is 9.47 Å². The number of aldehydes is 1. The minimum Gasteiger partial charge on any atom is -0.425 e. The van der Waals surface area contributed by atoms with Crippen molar-refractivity contribution in [1.29, 1.82) is 0 Å². The molecule has 0 bridgehead atoms. The summed E-state index contributed by atoms with van der Waals surface area (Å²) in [4.78, 5) is 34.7. The van der Waals surface area contributed by atoms with Gasteiger partial charge in [-0.1, -0.05) is 46.9 Å². The molecule has 0 aliphatic carbocycles. The molecular formula is C17H11Cl3O5. The largest absolute Gasteiger partial charge is 0.425 e. The summed E-state index contributed by atoms with van der Waals surface area (Å²) >= 11 is 17.6. The highest BCUT2D eigenvalue weighted by Crippen LogP contribution is 2.32. The zero-order valence-corrected chi connectivity index (χ0v) is 14.9. The van der Waals surface area contributed by atoms with E-state index >= 15 is 0 Å². The van der Waals surface area contributed by atoms with Crippen molar-refractivity contribution in [3.63, 3.8) is 0 Å². The van der Waals surface area contributed by atoms with Crippen molar-refractivity contribution in [3.05, 3.63) is 57.0 Å². The van der Waals surface area contributed by atoms with Crippen LogP contribution >= 0.6 is 34.8 Å². The normalized spacial score (nSPS) is 10.2. The van der Waals surface area contributed by atoms with Gasteiger partial charge >= 0.3 is 11.9 Å². The minimum absolute atomic E-state index is 0.0154. The number of ether oxygens (including phenoxy) is 2. The Morgan fingerprint density at radius 2 is 1.56 bits per heavy atom. The van der Waals surface area contributed by atoms with Gasteiger partial charge in [0.1, 0.15) is 5.75 Å². The standard InChI is InChI=1S/C17H11Cl3O5/c18-11-7-10(9-21)17(13(20)8-11)25-16(23)6-5-15(22)24-14-4-2-1-3-12(14)19/h1-4,7-9H,5-6H2. The van der Waals surface area contributed by atoms with Crippen LogP contribution in [0.25, 0.3) is 0 Å². The fourth-order valence-electron chi connectivity index (χ4n) is 1.85. The van der Waals surface area contributed by atoms with Gasteiger partial charge in [0.2, 0.25) is 0 Å². The molecule has 0 saturated carbocycles. The zero-order valence-electron chi connectivity index (χ0n) is 12.6. The molecule has 8 heteroatoms. The van der Waals surface area contributed by atoms with Crippen LogP contribution in [0.4, 0.5) is 0 Å². The minimum atomic E-state index is -0.747. The summed E-state index contributed by atoms with van der Waals surface area (Å²) in [5.74, 6) is -1.30. The molecule has 0 saturated heterocycles. The first-order valence-corrected chi connectivity index (χ1v) is 8.14. The number of hydrogen-bond donors (Lipinski definition) is 0. The van der Waals surface area contributed by atoms with E-state index in [9.17, 15) is 14.4 Å². The summed E-state index contributed by atoms with van der Waals surface area (Å²) in [5, 5.41) is 0.527. The summed E-state index contributed by atoms with van der Waals surface area (Å²) in [5.41, 5.74) is 0.0319. The molecule has 0 radical (unpaired) electrons. The predicted molar refractivity (Wildman–Crippen MR) is 93.8 cm³/mol. The monoisotopic (exact) mass is 400 g/mol. The Kier molecular flexibility index (Phi) is 6.82. The van der Waals surface area contributed by atoms with Gasteiger partial charge in [-0.05, 0) is 24.3 Å². The molecule has 2 aromatic carbocycles. The number of halogens is 3. The predicted octanol–water partition coefficient (Wildman–Crippen LogP) is 4.75. The molecule has 130 valence electrons. The fraction of sp³-hybridized carbons (Fsp3) is 0.118. The molecule has 0 atom stereocenters. The number of carbonyl (C=O) groups excluding carboxylic acids is 3. The molecule has 0 heterocycles. The molecule has 0 aliphatic rings. The van der Waals surface area contributed by atoms with Crippen LogP contribution in [0.3, 0.4) is 0 Å². The maximum absolute atomic E-state index is 11.9. The lowest BCUT2D eigenvalue weighted by molar-refractivity contribution is -0.140. The molecule has 2 aromatic rings. The van der Waals surface area contributed by atoms with E-state index < -0.39 is 11.9 Å². The number of rotatable bonds is 6. The quantitative estimate of drug-likeness (QED) is 0.397. The Labute approximate surface area is 158 Å². The number of benzene rings is 2. The average molecular weight is 402 g/mol. The van der Waals surface area contributed by atoms with Gasteiger partial charge in [0.25, 0.3) is 0 Å². The average Bonchev–Trinajstić information content (AvgIpc) is 2.57. The van der Waals surface area contributed by atoms with E-state index in [1.165, 1.54) is 18.2 Å². The van der Waals surface area contributed by atoms with Crippen LogP contribution in [0.2, 0.25) is 15.1 Å². The highest BCUT2D eigenvalue weighted by molar-refractivity contribution is 6.36. The Morgan fingerprint density at radius 3 is 2.20 bits per heavy atom. The van der Waals surface area contributed by atoms with Crippen molar-refractivity contribution in [2.75, 3.05) is 0 Å². The van der Waals surface area contributed by atoms with Crippen LogP contribution in [0.5, 0.6) is 11.5 Å². The van der Waals surface area contributed by atoms with Crippen molar-refractivity contribution < 1.29 is 23.9 Å². The third-order valence-electron chi connectivity index (χ3n) is 2.97. The smallest absolute Gasteiger partial charge is 0.311 e. The number of carbonyl (C=O) groups is 3. The highest BCUT2D eigenvalue weighted by Gasteiger charge is 2.16. The molecule has 0 aliphatic heterocycles. The van der Waals surface area contributed by atoms with Gasteiger partial charge < -0.3 is 9.47 Å². The summed E-state index contributed by atoms with van der Waals surface area (Å²) < 4.78 is 10.1. The second kappa shape index (κ2) is 8.85. The maximum atomic E-state index is 11.9.